The van der Waals surface area contributed by atoms with Gasteiger partial charge in [0.15, 0.2) is 0 Å². The number of nitrogens with zero attached hydrogens (tertiary/aromatic N) is 4. The molecule has 7 rings (SSSR count). The van der Waals surface area contributed by atoms with Gasteiger partial charge in [-0.3, -0.25) is 0 Å². The van der Waals surface area contributed by atoms with Crippen LogP contribution in [0.1, 0.15) is 0 Å². The van der Waals surface area contributed by atoms with Crippen LogP contribution < -0.4 is 5.46 Å². The topological polar surface area (TPSA) is 124 Å². The normalized spacial score (nSPS) is 10.2. The van der Waals surface area contributed by atoms with E-state index in [9.17, 15) is 0 Å². The molecule has 0 unspecified atom stereocenters. The maximum atomic E-state index is 8.67. The highest BCUT2D eigenvalue weighted by molar-refractivity contribution is 14.1. The average Bonchev–Trinajstić information content (AvgIpc) is 2.96. The van der Waals surface area contributed by atoms with Crippen LogP contribution in [0.2, 0.25) is 0 Å². The molecule has 0 radical (unpaired) electrons. The van der Waals surface area contributed by atoms with Crippen LogP contribution in [0.15, 0.2) is 121 Å². The number of para-hydroxylation sites is 8. The first-order chi connectivity index (χ1) is 18.6. The fourth-order valence-corrected chi connectivity index (χ4v) is 4.13. The van der Waals surface area contributed by atoms with E-state index in [1.54, 1.807) is 12.1 Å². The Kier molecular flexibility index (Phi) is 9.45. The van der Waals surface area contributed by atoms with Crippen molar-refractivity contribution in [3.05, 3.63) is 125 Å². The third-order valence-electron chi connectivity index (χ3n) is 5.66. The van der Waals surface area contributed by atoms with Crippen molar-refractivity contribution in [2.75, 3.05) is 0 Å². The van der Waals surface area contributed by atoms with Gasteiger partial charge in [0.2, 0.25) is 0 Å². The van der Waals surface area contributed by atoms with Gasteiger partial charge in [0.25, 0.3) is 0 Å². The summed E-state index contributed by atoms with van der Waals surface area (Å²) in [7, 11) is -1.35. The van der Waals surface area contributed by atoms with Gasteiger partial charge in [0.1, 0.15) is 0 Å². The highest BCUT2D eigenvalue weighted by atomic mass is 127. The molecule has 0 spiro atoms. The summed E-state index contributed by atoms with van der Waals surface area (Å²) in [6, 6.07) is 38.7. The Balaban J connectivity index is 0.000000136. The Morgan fingerprint density at radius 3 is 0.846 bits per heavy atom. The minimum Gasteiger partial charge on any atom is -0.423 e. The fraction of sp³-hybridized carbons (Fsp3) is 0. The van der Waals surface area contributed by atoms with Crippen LogP contribution >= 0.6 is 22.6 Å². The third kappa shape index (κ3) is 7.09. The Hall–Kier alpha value is -4.03. The van der Waals surface area contributed by atoms with E-state index in [2.05, 4.69) is 42.5 Å². The van der Waals surface area contributed by atoms with Crippen LogP contribution in [0.4, 0.5) is 0 Å². The lowest BCUT2D eigenvalue weighted by Crippen LogP contribution is -2.29. The number of halogens is 1. The van der Waals surface area contributed by atoms with Crippen molar-refractivity contribution >= 4 is 79.3 Å². The van der Waals surface area contributed by atoms with Crippen LogP contribution in [0.5, 0.6) is 0 Å². The molecule has 5 aromatic carbocycles. The summed E-state index contributed by atoms with van der Waals surface area (Å²) in [5, 5.41) is 17.3. The van der Waals surface area contributed by atoms with Gasteiger partial charge in [-0.05, 0) is 88.7 Å². The second-order valence-electron chi connectivity index (χ2n) is 8.33. The van der Waals surface area contributed by atoms with E-state index < -0.39 is 7.12 Å². The number of fused-ring (bicyclic) bond motifs is 4. The molecule has 2 heterocycles. The Morgan fingerprint density at radius 1 is 0.410 bits per heavy atom. The second kappa shape index (κ2) is 13.2. The highest BCUT2D eigenvalue weighted by Crippen LogP contribution is 2.15. The number of rotatable bonds is 1. The van der Waals surface area contributed by atoms with E-state index in [1.807, 2.05) is 109 Å². The Labute approximate surface area is 238 Å². The monoisotopic (exact) mass is 626 g/mol. The smallest absolute Gasteiger partial charge is 0.423 e. The Bertz CT molecular complexity index is 1510. The van der Waals surface area contributed by atoms with Gasteiger partial charge in [0, 0.05) is 3.57 Å². The van der Waals surface area contributed by atoms with Gasteiger partial charge in [-0.25, -0.2) is 19.9 Å². The van der Waals surface area contributed by atoms with Crippen LogP contribution in [-0.4, -0.2) is 42.6 Å². The van der Waals surface area contributed by atoms with Gasteiger partial charge in [0.05, 0.1) is 44.1 Å². The molecule has 7 aromatic rings. The van der Waals surface area contributed by atoms with Crippen molar-refractivity contribution in [2.24, 2.45) is 0 Å². The average molecular weight is 626 g/mol. The van der Waals surface area contributed by atoms with Crippen LogP contribution in [0.25, 0.3) is 44.1 Å². The minimum atomic E-state index is -1.35. The van der Waals surface area contributed by atoms with E-state index in [0.717, 1.165) is 47.7 Å². The first-order valence-corrected chi connectivity index (χ1v) is 13.0. The molecule has 4 N–H and O–H groups in total. The SMILES string of the molecule is O.OB(O)c1ccc(I)cc1.c1ccc2nc3ccccc3nc2c1.c1ccc2nc3ccccc3nc2c1. The lowest BCUT2D eigenvalue weighted by molar-refractivity contribution is 0.426. The highest BCUT2D eigenvalue weighted by Gasteiger charge is 2.08. The fourth-order valence-electron chi connectivity index (χ4n) is 3.77. The molecular weight excluding hydrogens is 602 g/mol. The molecule has 0 aliphatic carbocycles. The molecule has 0 fully saturated rings. The second-order valence-corrected chi connectivity index (χ2v) is 9.57. The summed E-state index contributed by atoms with van der Waals surface area (Å²) in [5.41, 5.74) is 8.13. The van der Waals surface area contributed by atoms with Crippen LogP contribution in [0.3, 0.4) is 0 Å². The maximum absolute atomic E-state index is 8.67. The molecule has 39 heavy (non-hydrogen) atoms. The van der Waals surface area contributed by atoms with E-state index >= 15 is 0 Å². The summed E-state index contributed by atoms with van der Waals surface area (Å²) in [4.78, 5) is 18.1. The van der Waals surface area contributed by atoms with Gasteiger partial charge in [-0.2, -0.15) is 0 Å². The quantitative estimate of drug-likeness (QED) is 0.155. The molecule has 0 aliphatic rings. The van der Waals surface area contributed by atoms with Gasteiger partial charge >= 0.3 is 7.12 Å². The molecule has 0 bridgehead atoms. The summed E-state index contributed by atoms with van der Waals surface area (Å²) in [5.74, 6) is 0. The van der Waals surface area contributed by atoms with E-state index in [-0.39, 0.29) is 5.48 Å². The first kappa shape index (κ1) is 28.0. The molecule has 0 saturated carbocycles. The molecule has 9 heteroatoms. The molecule has 0 saturated heterocycles. The predicted octanol–water partition coefficient (Wildman–Crippen LogP) is 4.71. The molecule has 0 atom stereocenters. The lowest BCUT2D eigenvalue weighted by Gasteiger charge is -1.98. The van der Waals surface area contributed by atoms with Crippen molar-refractivity contribution < 1.29 is 15.5 Å². The standard InChI is InChI=1S/2C12H8N2.C6H6BIO2.H2O/c2*1-2-6-10-9(5-1)13-11-7-3-4-8-12(11)14-10;8-6-3-1-5(2-4-6)7(9)10;/h2*1-8H;1-4,9-10H;1H2. The van der Waals surface area contributed by atoms with Crippen molar-refractivity contribution in [3.63, 3.8) is 0 Å². The zero-order chi connectivity index (χ0) is 26.3. The van der Waals surface area contributed by atoms with E-state index in [4.69, 9.17) is 10.0 Å². The number of benzene rings is 5. The third-order valence-corrected chi connectivity index (χ3v) is 6.38. The van der Waals surface area contributed by atoms with Crippen LogP contribution in [-0.2, 0) is 0 Å². The molecule has 2 aromatic heterocycles. The predicted molar refractivity (Wildman–Crippen MR) is 167 cm³/mol. The molecule has 192 valence electrons. The van der Waals surface area contributed by atoms with Crippen LogP contribution in [0, 0.1) is 3.57 Å². The summed E-state index contributed by atoms with van der Waals surface area (Å²) in [6.07, 6.45) is 0. The van der Waals surface area contributed by atoms with Crippen molar-refractivity contribution in [1.82, 2.24) is 19.9 Å². The van der Waals surface area contributed by atoms with Crippen molar-refractivity contribution in [2.45, 2.75) is 0 Å². The zero-order valence-corrected chi connectivity index (χ0v) is 22.8. The lowest BCUT2D eigenvalue weighted by atomic mass is 9.81. The molecule has 0 aliphatic heterocycles. The first-order valence-electron chi connectivity index (χ1n) is 11.9. The van der Waals surface area contributed by atoms with E-state index in [1.165, 1.54) is 0 Å². The van der Waals surface area contributed by atoms with Gasteiger partial charge in [-0.15, -0.1) is 0 Å². The minimum absolute atomic E-state index is 0. The van der Waals surface area contributed by atoms with E-state index in [0.29, 0.717) is 5.46 Å². The summed E-state index contributed by atoms with van der Waals surface area (Å²) in [6.45, 7) is 0. The molecule has 7 nitrogen and oxygen atoms in total. The Morgan fingerprint density at radius 2 is 0.641 bits per heavy atom. The van der Waals surface area contributed by atoms with Gasteiger partial charge < -0.3 is 15.5 Å². The molecule has 0 amide bonds. The number of hydrogen-bond donors (Lipinski definition) is 2. The number of aromatic nitrogens is 4. The summed E-state index contributed by atoms with van der Waals surface area (Å²) >= 11 is 2.16. The largest absolute Gasteiger partial charge is 0.488 e. The van der Waals surface area contributed by atoms with Gasteiger partial charge in [-0.1, -0.05) is 60.7 Å². The zero-order valence-electron chi connectivity index (χ0n) is 20.7. The maximum Gasteiger partial charge on any atom is 0.488 e. The van der Waals surface area contributed by atoms with Crippen molar-refractivity contribution in [3.8, 4) is 0 Å². The number of hydrogen-bond acceptors (Lipinski definition) is 6. The molecular formula is C30H24BIN4O3. The van der Waals surface area contributed by atoms with Crippen molar-refractivity contribution in [1.29, 1.82) is 0 Å². The summed E-state index contributed by atoms with van der Waals surface area (Å²) < 4.78 is 1.09.